The summed E-state index contributed by atoms with van der Waals surface area (Å²) < 4.78 is 5.23. The number of carbonyl (C=O) groups excluding carboxylic acids is 1. The number of benzene rings is 3. The smallest absolute Gasteiger partial charge is 0.410 e. The van der Waals surface area contributed by atoms with E-state index in [4.69, 9.17) is 20.0 Å². The van der Waals surface area contributed by atoms with Crippen LogP contribution in [-0.2, 0) is 0 Å². The van der Waals surface area contributed by atoms with E-state index in [2.05, 4.69) is 36.5 Å². The highest BCUT2D eigenvalue weighted by Gasteiger charge is 2.32. The molecule has 176 valence electrons. The van der Waals surface area contributed by atoms with Crippen LogP contribution in [-0.4, -0.2) is 29.7 Å². The van der Waals surface area contributed by atoms with Crippen molar-refractivity contribution in [3.63, 3.8) is 0 Å². The van der Waals surface area contributed by atoms with Gasteiger partial charge in [0.05, 0.1) is 23.1 Å². The van der Waals surface area contributed by atoms with Crippen molar-refractivity contribution < 1.29 is 9.53 Å². The van der Waals surface area contributed by atoms with Gasteiger partial charge in [0, 0.05) is 17.7 Å². The number of nitrogens with zero attached hydrogens (tertiary/aromatic N) is 3. The third-order valence-electron chi connectivity index (χ3n) is 5.81. The number of unbranched alkanes of at least 4 members (excludes halogenated alkanes) is 2. The molecule has 1 heterocycles. The summed E-state index contributed by atoms with van der Waals surface area (Å²) in [5, 5.41) is 11.6. The molecule has 35 heavy (non-hydrogen) atoms. The van der Waals surface area contributed by atoms with Crippen molar-refractivity contribution in [2.24, 2.45) is 9.98 Å². The first-order valence-corrected chi connectivity index (χ1v) is 11.8. The van der Waals surface area contributed by atoms with Gasteiger partial charge in [-0.2, -0.15) is 5.26 Å². The summed E-state index contributed by atoms with van der Waals surface area (Å²) in [5.41, 5.74) is 4.04. The highest BCUT2D eigenvalue weighted by molar-refractivity contribution is 6.54. The molecule has 0 fully saturated rings. The number of carbonyl (C=O) groups is 1. The van der Waals surface area contributed by atoms with Gasteiger partial charge < -0.3 is 10.1 Å². The zero-order chi connectivity index (χ0) is 24.5. The minimum Gasteiger partial charge on any atom is -0.410 e. The third kappa shape index (κ3) is 6.42. The van der Waals surface area contributed by atoms with E-state index in [1.807, 2.05) is 42.5 Å². The maximum atomic E-state index is 12.0. The molecule has 6 nitrogen and oxygen atoms in total. The van der Waals surface area contributed by atoms with Gasteiger partial charge in [0.2, 0.25) is 0 Å². The highest BCUT2D eigenvalue weighted by atomic mass is 16.6. The quantitative estimate of drug-likeness (QED) is 0.399. The van der Waals surface area contributed by atoms with Crippen LogP contribution < -0.4 is 10.1 Å². The average molecular weight is 465 g/mol. The molecule has 1 aliphatic heterocycles. The second-order valence-electron chi connectivity index (χ2n) is 8.63. The topological polar surface area (TPSA) is 86.8 Å². The Morgan fingerprint density at radius 2 is 1.43 bits per heavy atom. The maximum absolute atomic E-state index is 12.0. The zero-order valence-electron chi connectivity index (χ0n) is 19.8. The molecule has 0 spiro atoms. The largest absolute Gasteiger partial charge is 0.412 e. The van der Waals surface area contributed by atoms with Crippen LogP contribution in [0.2, 0.25) is 0 Å². The number of amides is 1. The second-order valence-corrected chi connectivity index (χ2v) is 8.63. The number of nitrogens with one attached hydrogen (secondary N) is 1. The highest BCUT2D eigenvalue weighted by Crippen LogP contribution is 2.30. The van der Waals surface area contributed by atoms with Crippen molar-refractivity contribution in [2.75, 3.05) is 6.54 Å². The summed E-state index contributed by atoms with van der Waals surface area (Å²) >= 11 is 0. The third-order valence-corrected chi connectivity index (χ3v) is 5.81. The molecule has 1 amide bonds. The van der Waals surface area contributed by atoms with Crippen molar-refractivity contribution in [2.45, 2.75) is 38.3 Å². The van der Waals surface area contributed by atoms with Gasteiger partial charge in [-0.15, -0.1) is 0 Å². The summed E-state index contributed by atoms with van der Waals surface area (Å²) in [7, 11) is 0. The van der Waals surface area contributed by atoms with E-state index < -0.39 is 11.8 Å². The number of hydrogen-bond acceptors (Lipinski definition) is 5. The molecular weight excluding hydrogens is 436 g/mol. The summed E-state index contributed by atoms with van der Waals surface area (Å²) in [5.74, 6) is 0.412. The number of ether oxygens (including phenoxy) is 1. The van der Waals surface area contributed by atoms with E-state index in [0.29, 0.717) is 17.9 Å². The Kier molecular flexibility index (Phi) is 7.69. The predicted octanol–water partition coefficient (Wildman–Crippen LogP) is 5.92. The van der Waals surface area contributed by atoms with Gasteiger partial charge >= 0.3 is 6.09 Å². The Morgan fingerprint density at radius 1 is 0.857 bits per heavy atom. The van der Waals surface area contributed by atoms with Crippen LogP contribution in [0.1, 0.15) is 49.3 Å². The Morgan fingerprint density at radius 3 is 1.97 bits per heavy atom. The Balaban J connectivity index is 1.28. The molecule has 6 heteroatoms. The fraction of sp³-hybridized carbons (Fsp3) is 0.241. The van der Waals surface area contributed by atoms with Crippen molar-refractivity contribution in [1.82, 2.24) is 5.32 Å². The molecule has 0 saturated carbocycles. The Labute approximate surface area is 206 Å². The lowest BCUT2D eigenvalue weighted by molar-refractivity contribution is 0.200. The second kappa shape index (κ2) is 11.3. The van der Waals surface area contributed by atoms with Gasteiger partial charge in [-0.25, -0.2) is 4.79 Å². The Bertz CT molecular complexity index is 1190. The first-order chi connectivity index (χ1) is 17.1. The molecule has 3 aromatic rings. The number of rotatable bonds is 9. The molecule has 0 atom stereocenters. The van der Waals surface area contributed by atoms with Gasteiger partial charge in [0.1, 0.15) is 11.4 Å². The first-order valence-electron chi connectivity index (χ1n) is 11.8. The standard InChI is InChI=1S/C29H28N4O2/c1-29(19-9-4-10-20-31-28(34)35-25-17-15-22(21-30)16-18-25)32-26(23-11-5-2-6-12-23)27(33-29)24-13-7-3-8-14-24/h2-3,5-8,11-18H,4,9-10,19-20H2,1H3,(H,31,34). The van der Waals surface area contributed by atoms with Crippen LogP contribution in [0.15, 0.2) is 94.9 Å². The summed E-state index contributed by atoms with van der Waals surface area (Å²) in [4.78, 5) is 22.1. The maximum Gasteiger partial charge on any atom is 0.412 e. The van der Waals surface area contributed by atoms with Gasteiger partial charge in [-0.3, -0.25) is 9.98 Å². The van der Waals surface area contributed by atoms with E-state index >= 15 is 0 Å². The van der Waals surface area contributed by atoms with Crippen LogP contribution in [0.5, 0.6) is 5.75 Å². The van der Waals surface area contributed by atoms with E-state index in [-0.39, 0.29) is 0 Å². The van der Waals surface area contributed by atoms with Gasteiger partial charge in [0.25, 0.3) is 0 Å². The predicted molar refractivity (Wildman–Crippen MR) is 138 cm³/mol. The lowest BCUT2D eigenvalue weighted by Crippen LogP contribution is -2.27. The summed E-state index contributed by atoms with van der Waals surface area (Å²) in [6.45, 7) is 2.61. The first kappa shape index (κ1) is 23.9. The molecule has 3 aromatic carbocycles. The van der Waals surface area contributed by atoms with E-state index in [1.54, 1.807) is 24.3 Å². The minimum atomic E-state index is -0.502. The SMILES string of the molecule is CC1(CCCCCNC(=O)Oc2ccc(C#N)cc2)N=C(c2ccccc2)C(c2ccccc2)=N1. The fourth-order valence-electron chi connectivity index (χ4n) is 4.01. The van der Waals surface area contributed by atoms with Crippen LogP contribution in [0.3, 0.4) is 0 Å². The molecule has 1 aliphatic rings. The lowest BCUT2D eigenvalue weighted by Gasteiger charge is -2.17. The normalized spacial score (nSPS) is 13.9. The van der Waals surface area contributed by atoms with Gasteiger partial charge in [-0.05, 0) is 50.5 Å². The van der Waals surface area contributed by atoms with Gasteiger partial charge in [-0.1, -0.05) is 67.1 Å². The number of hydrogen-bond donors (Lipinski definition) is 1. The summed E-state index contributed by atoms with van der Waals surface area (Å²) in [6, 6.07) is 28.9. The molecule has 4 rings (SSSR count). The van der Waals surface area contributed by atoms with E-state index in [9.17, 15) is 4.79 Å². The van der Waals surface area contributed by atoms with Crippen LogP contribution >= 0.6 is 0 Å². The van der Waals surface area contributed by atoms with Gasteiger partial charge in [0.15, 0.2) is 0 Å². The molecule has 0 aliphatic carbocycles. The molecule has 0 unspecified atom stereocenters. The molecular formula is C29H28N4O2. The van der Waals surface area contributed by atoms with Crippen LogP contribution in [0, 0.1) is 11.3 Å². The van der Waals surface area contributed by atoms with Crippen molar-refractivity contribution >= 4 is 17.5 Å². The fourth-order valence-corrected chi connectivity index (χ4v) is 4.01. The molecule has 0 aromatic heterocycles. The molecule has 0 radical (unpaired) electrons. The molecule has 1 N–H and O–H groups in total. The van der Waals surface area contributed by atoms with E-state index in [1.165, 1.54) is 0 Å². The lowest BCUT2D eigenvalue weighted by atomic mass is 10.0. The van der Waals surface area contributed by atoms with Crippen LogP contribution in [0.25, 0.3) is 0 Å². The van der Waals surface area contributed by atoms with Crippen molar-refractivity contribution in [3.05, 3.63) is 102 Å². The van der Waals surface area contributed by atoms with Crippen molar-refractivity contribution in [1.29, 1.82) is 5.26 Å². The Hall–Kier alpha value is -4.24. The monoisotopic (exact) mass is 464 g/mol. The zero-order valence-corrected chi connectivity index (χ0v) is 19.8. The average Bonchev–Trinajstić information content (AvgIpc) is 3.25. The number of aliphatic imine (C=N–C) groups is 2. The van der Waals surface area contributed by atoms with Crippen molar-refractivity contribution in [3.8, 4) is 11.8 Å². The minimum absolute atomic E-state index is 0.412. The van der Waals surface area contributed by atoms with Crippen LogP contribution in [0.4, 0.5) is 4.79 Å². The molecule has 0 saturated heterocycles. The number of nitriles is 1. The van der Waals surface area contributed by atoms with E-state index in [0.717, 1.165) is 48.2 Å². The molecule has 0 bridgehead atoms. The summed E-state index contributed by atoms with van der Waals surface area (Å²) in [6.07, 6.45) is 3.06.